The highest BCUT2D eigenvalue weighted by Gasteiger charge is 2.26. The van der Waals surface area contributed by atoms with E-state index in [2.05, 4.69) is 120 Å². The third-order valence-electron chi connectivity index (χ3n) is 7.65. The molecule has 37 heavy (non-hydrogen) atoms. The number of aryl methyl sites for hydroxylation is 2. The van der Waals surface area contributed by atoms with Crippen molar-refractivity contribution in [2.75, 3.05) is 0 Å². The maximum Gasteiger partial charge on any atom is 0.266 e. The fraction of sp³-hybridized carbons (Fsp3) is 0.0606. The lowest BCUT2D eigenvalue weighted by Gasteiger charge is -2.09. The van der Waals surface area contributed by atoms with E-state index in [4.69, 9.17) is 4.42 Å². The van der Waals surface area contributed by atoms with Crippen LogP contribution in [0.2, 0.25) is 0 Å². The van der Waals surface area contributed by atoms with Crippen molar-refractivity contribution in [2.45, 2.75) is 6.92 Å². The summed E-state index contributed by atoms with van der Waals surface area (Å²) in [6.45, 7) is 2.16. The number of hydrogen-bond acceptors (Lipinski definition) is 2. The summed E-state index contributed by atoms with van der Waals surface area (Å²) in [6, 6.07) is 34.7. The number of benzene rings is 4. The molecule has 0 aliphatic heterocycles. The maximum atomic E-state index is 6.47. The average molecular weight is 496 g/mol. The summed E-state index contributed by atoms with van der Waals surface area (Å²) in [4.78, 5) is 0. The molecule has 0 aliphatic rings. The molecule has 0 fully saturated rings. The highest BCUT2D eigenvalue weighted by Crippen LogP contribution is 2.44. The van der Waals surface area contributed by atoms with Gasteiger partial charge in [0.1, 0.15) is 17.3 Å². The third kappa shape index (κ3) is 2.79. The summed E-state index contributed by atoms with van der Waals surface area (Å²) in [6.07, 6.45) is 2.16. The molecule has 0 unspecified atom stereocenters. The molecule has 3 nitrogen and oxygen atoms in total. The first kappa shape index (κ1) is 20.7. The van der Waals surface area contributed by atoms with Crippen LogP contribution < -0.4 is 4.57 Å². The molecule has 0 amide bonds. The molecule has 176 valence electrons. The number of hydrogen-bond donors (Lipinski definition) is 0. The Hall–Kier alpha value is -4.41. The van der Waals surface area contributed by atoms with Gasteiger partial charge in [0, 0.05) is 38.6 Å². The van der Waals surface area contributed by atoms with Crippen LogP contribution in [0, 0.1) is 6.92 Å². The Morgan fingerprint density at radius 2 is 1.27 bits per heavy atom. The first-order valence-corrected chi connectivity index (χ1v) is 13.3. The Morgan fingerprint density at radius 3 is 2.00 bits per heavy atom. The summed E-state index contributed by atoms with van der Waals surface area (Å²) in [5.41, 5.74) is 6.91. The minimum atomic E-state index is 0.930. The van der Waals surface area contributed by atoms with Gasteiger partial charge in [-0.05, 0) is 31.2 Å². The van der Waals surface area contributed by atoms with E-state index in [0.717, 1.165) is 17.0 Å². The van der Waals surface area contributed by atoms with Gasteiger partial charge in [0.15, 0.2) is 6.20 Å². The van der Waals surface area contributed by atoms with Crippen LogP contribution in [0.4, 0.5) is 0 Å². The standard InChI is InChI=1S/C33H23N2OS/c1-20-21-10-5-8-17-29(21)36-31(20)30-33-25(18-19-34(30)2)24-13-9-16-28(32(24)37-33)35-26-14-6-3-11-22(26)23-12-4-7-15-27(23)35/h3-19H,1-2H3/q+1. The molecule has 4 heterocycles. The van der Waals surface area contributed by atoms with Gasteiger partial charge in [0.2, 0.25) is 5.76 Å². The van der Waals surface area contributed by atoms with E-state index in [1.807, 2.05) is 17.4 Å². The van der Waals surface area contributed by atoms with Crippen LogP contribution in [0.5, 0.6) is 0 Å². The Bertz CT molecular complexity index is 2120. The zero-order valence-corrected chi connectivity index (χ0v) is 21.3. The first-order valence-electron chi connectivity index (χ1n) is 12.5. The van der Waals surface area contributed by atoms with Gasteiger partial charge in [-0.1, -0.05) is 66.7 Å². The zero-order valence-electron chi connectivity index (χ0n) is 20.5. The lowest BCUT2D eigenvalue weighted by molar-refractivity contribution is -0.659. The van der Waals surface area contributed by atoms with E-state index >= 15 is 0 Å². The van der Waals surface area contributed by atoms with Crippen molar-refractivity contribution in [1.82, 2.24) is 4.57 Å². The molecule has 0 aliphatic carbocycles. The number of pyridine rings is 1. The molecule has 0 N–H and O–H groups in total. The second-order valence-corrected chi connectivity index (χ2v) is 10.7. The third-order valence-corrected chi connectivity index (χ3v) is 8.90. The number of aromatic nitrogens is 2. The van der Waals surface area contributed by atoms with Crippen LogP contribution in [0.25, 0.3) is 70.1 Å². The van der Waals surface area contributed by atoms with Crippen LogP contribution >= 0.6 is 11.3 Å². The lowest BCUT2D eigenvalue weighted by atomic mass is 10.1. The highest BCUT2D eigenvalue weighted by atomic mass is 32.1. The van der Waals surface area contributed by atoms with Gasteiger partial charge in [-0.25, -0.2) is 0 Å². The first-order chi connectivity index (χ1) is 18.2. The van der Waals surface area contributed by atoms with E-state index in [0.29, 0.717) is 0 Å². The Kier molecular flexibility index (Phi) is 4.23. The van der Waals surface area contributed by atoms with Crippen molar-refractivity contribution < 1.29 is 8.98 Å². The molecule has 4 aromatic heterocycles. The molecule has 8 rings (SSSR count). The zero-order chi connectivity index (χ0) is 24.7. The Morgan fingerprint density at radius 1 is 0.649 bits per heavy atom. The van der Waals surface area contributed by atoms with Gasteiger partial charge in [0.25, 0.3) is 5.69 Å². The maximum absolute atomic E-state index is 6.47. The number of furan rings is 1. The van der Waals surface area contributed by atoms with Crippen LogP contribution in [0.15, 0.2) is 108 Å². The Balaban J connectivity index is 1.49. The SMILES string of the molecule is Cc1c(-c2c3sc4c(-n5c6ccccc6c6ccccc65)cccc4c3cc[n+]2C)oc2ccccc12. The van der Waals surface area contributed by atoms with E-state index in [9.17, 15) is 0 Å². The van der Waals surface area contributed by atoms with E-state index in [-0.39, 0.29) is 0 Å². The summed E-state index contributed by atoms with van der Waals surface area (Å²) in [5.74, 6) is 0.944. The van der Waals surface area contributed by atoms with Gasteiger partial charge in [-0.3, -0.25) is 0 Å². The fourth-order valence-corrected chi connectivity index (χ4v) is 7.28. The molecule has 0 saturated heterocycles. The van der Waals surface area contributed by atoms with Crippen LogP contribution in [0.3, 0.4) is 0 Å². The molecule has 4 heteroatoms. The molecule has 8 aromatic rings. The topological polar surface area (TPSA) is 21.9 Å². The average Bonchev–Trinajstić information content (AvgIpc) is 3.58. The van der Waals surface area contributed by atoms with Crippen molar-refractivity contribution in [2.24, 2.45) is 7.05 Å². The van der Waals surface area contributed by atoms with Gasteiger partial charge in [0.05, 0.1) is 21.4 Å². The van der Waals surface area contributed by atoms with Gasteiger partial charge in [-0.2, -0.15) is 4.57 Å². The summed E-state index contributed by atoms with van der Waals surface area (Å²) in [5, 5.41) is 6.26. The van der Waals surface area contributed by atoms with Gasteiger partial charge >= 0.3 is 0 Å². The van der Waals surface area contributed by atoms with E-state index in [1.54, 1.807) is 0 Å². The lowest BCUT2D eigenvalue weighted by Crippen LogP contribution is -2.30. The van der Waals surface area contributed by atoms with Crippen molar-refractivity contribution >= 4 is 64.3 Å². The summed E-state index contributed by atoms with van der Waals surface area (Å²) in [7, 11) is 2.11. The summed E-state index contributed by atoms with van der Waals surface area (Å²) < 4.78 is 13.6. The number of thiophene rings is 1. The fourth-order valence-electron chi connectivity index (χ4n) is 5.91. The molecule has 0 spiro atoms. The monoisotopic (exact) mass is 495 g/mol. The number of rotatable bonds is 2. The molecule has 0 bridgehead atoms. The van der Waals surface area contributed by atoms with Crippen molar-refractivity contribution in [3.8, 4) is 17.1 Å². The minimum Gasteiger partial charge on any atom is -0.449 e. The Labute approximate surface area is 217 Å². The largest absolute Gasteiger partial charge is 0.449 e. The quantitative estimate of drug-likeness (QED) is 0.220. The highest BCUT2D eigenvalue weighted by molar-refractivity contribution is 7.26. The van der Waals surface area contributed by atoms with Crippen molar-refractivity contribution in [3.63, 3.8) is 0 Å². The predicted molar refractivity (Wildman–Crippen MR) is 155 cm³/mol. The van der Waals surface area contributed by atoms with Crippen molar-refractivity contribution in [3.05, 3.63) is 109 Å². The summed E-state index contributed by atoms with van der Waals surface area (Å²) >= 11 is 1.86. The molecular formula is C33H23N2OS+. The molecular weight excluding hydrogens is 472 g/mol. The minimum absolute atomic E-state index is 0.930. The van der Waals surface area contributed by atoms with Crippen LogP contribution in [0.1, 0.15) is 5.56 Å². The second kappa shape index (κ2) is 7.55. The van der Waals surface area contributed by atoms with Gasteiger partial charge < -0.3 is 8.98 Å². The number of para-hydroxylation sites is 3. The normalized spacial score (nSPS) is 12.1. The molecule has 4 aromatic carbocycles. The number of nitrogens with zero attached hydrogens (tertiary/aromatic N) is 2. The molecule has 0 saturated carbocycles. The van der Waals surface area contributed by atoms with E-state index < -0.39 is 0 Å². The predicted octanol–water partition coefficient (Wildman–Crippen LogP) is 8.70. The van der Waals surface area contributed by atoms with Crippen molar-refractivity contribution in [1.29, 1.82) is 0 Å². The van der Waals surface area contributed by atoms with Crippen LogP contribution in [-0.4, -0.2) is 4.57 Å². The van der Waals surface area contributed by atoms with E-state index in [1.165, 1.54) is 58.6 Å². The molecule has 0 atom stereocenters. The number of fused-ring (bicyclic) bond motifs is 7. The second-order valence-electron chi connectivity index (χ2n) is 9.70. The van der Waals surface area contributed by atoms with Crippen LogP contribution in [-0.2, 0) is 7.05 Å². The molecule has 0 radical (unpaired) electrons. The smallest absolute Gasteiger partial charge is 0.266 e. The van der Waals surface area contributed by atoms with Gasteiger partial charge in [-0.15, -0.1) is 11.3 Å².